The molecule has 1 saturated carbocycles. The van der Waals surface area contributed by atoms with Crippen molar-refractivity contribution < 1.29 is 8.42 Å². The first kappa shape index (κ1) is 15.9. The first-order valence-electron chi connectivity index (χ1n) is 7.27. The SMILES string of the molecule is CCNCc1cc(S(=O)(=O)NC2(C)CCCCC2)cs1. The van der Waals surface area contributed by atoms with Crippen molar-refractivity contribution >= 4 is 21.4 Å². The van der Waals surface area contributed by atoms with E-state index in [2.05, 4.69) is 10.0 Å². The summed E-state index contributed by atoms with van der Waals surface area (Å²) in [5.74, 6) is 0. The lowest BCUT2D eigenvalue weighted by atomic mass is 9.84. The van der Waals surface area contributed by atoms with Crippen LogP contribution in [0.1, 0.15) is 50.8 Å². The maximum atomic E-state index is 12.5. The Bertz CT molecular complexity index is 531. The predicted molar refractivity (Wildman–Crippen MR) is 83.5 cm³/mol. The van der Waals surface area contributed by atoms with Crippen LogP contribution in [0.3, 0.4) is 0 Å². The van der Waals surface area contributed by atoms with Crippen LogP contribution < -0.4 is 10.0 Å². The average Bonchev–Trinajstić information content (AvgIpc) is 2.85. The van der Waals surface area contributed by atoms with Gasteiger partial charge in [-0.25, -0.2) is 13.1 Å². The van der Waals surface area contributed by atoms with Gasteiger partial charge in [0.1, 0.15) is 0 Å². The van der Waals surface area contributed by atoms with E-state index in [-0.39, 0.29) is 5.54 Å². The lowest BCUT2D eigenvalue weighted by Gasteiger charge is -2.33. The molecule has 1 aliphatic rings. The first-order valence-corrected chi connectivity index (χ1v) is 9.64. The number of sulfonamides is 1. The van der Waals surface area contributed by atoms with E-state index in [9.17, 15) is 8.42 Å². The molecular formula is C14H24N2O2S2. The number of nitrogens with one attached hydrogen (secondary N) is 2. The van der Waals surface area contributed by atoms with Crippen molar-refractivity contribution in [2.45, 2.75) is 62.9 Å². The highest BCUT2D eigenvalue weighted by molar-refractivity contribution is 7.89. The summed E-state index contributed by atoms with van der Waals surface area (Å²) in [6, 6.07) is 1.78. The van der Waals surface area contributed by atoms with Crippen molar-refractivity contribution in [3.05, 3.63) is 16.3 Å². The Balaban J connectivity index is 2.07. The van der Waals surface area contributed by atoms with Crippen molar-refractivity contribution in [3.63, 3.8) is 0 Å². The summed E-state index contributed by atoms with van der Waals surface area (Å²) in [6.45, 7) is 5.68. The minimum atomic E-state index is -3.39. The minimum Gasteiger partial charge on any atom is -0.312 e. The molecule has 0 aliphatic heterocycles. The standard InChI is InChI=1S/C14H24N2O2S2/c1-3-15-10-12-9-13(11-19-12)20(17,18)16-14(2)7-5-4-6-8-14/h9,11,15-16H,3-8,10H2,1-2H3. The van der Waals surface area contributed by atoms with Crippen LogP contribution in [0.25, 0.3) is 0 Å². The van der Waals surface area contributed by atoms with Crippen LogP contribution in [0.2, 0.25) is 0 Å². The molecular weight excluding hydrogens is 292 g/mol. The minimum absolute atomic E-state index is 0.277. The van der Waals surface area contributed by atoms with E-state index in [4.69, 9.17) is 0 Å². The topological polar surface area (TPSA) is 58.2 Å². The summed E-state index contributed by atoms with van der Waals surface area (Å²) >= 11 is 1.50. The lowest BCUT2D eigenvalue weighted by molar-refractivity contribution is 0.294. The van der Waals surface area contributed by atoms with Gasteiger partial charge in [-0.1, -0.05) is 26.2 Å². The van der Waals surface area contributed by atoms with Crippen LogP contribution in [0, 0.1) is 0 Å². The monoisotopic (exact) mass is 316 g/mol. The van der Waals surface area contributed by atoms with Crippen molar-refractivity contribution in [2.24, 2.45) is 0 Å². The molecule has 114 valence electrons. The van der Waals surface area contributed by atoms with Gasteiger partial charge in [-0.2, -0.15) is 0 Å². The Morgan fingerprint density at radius 2 is 2.00 bits per heavy atom. The second-order valence-electron chi connectivity index (χ2n) is 5.76. The summed E-state index contributed by atoms with van der Waals surface area (Å²) in [5.41, 5.74) is -0.277. The highest BCUT2D eigenvalue weighted by atomic mass is 32.2. The number of thiophene rings is 1. The van der Waals surface area contributed by atoms with Crippen molar-refractivity contribution in [3.8, 4) is 0 Å². The Kier molecular flexibility index (Phi) is 5.23. The van der Waals surface area contributed by atoms with Gasteiger partial charge in [0.05, 0.1) is 4.90 Å². The molecule has 0 radical (unpaired) electrons. The third-order valence-corrected chi connectivity index (χ3v) is 6.53. The van der Waals surface area contributed by atoms with Gasteiger partial charge < -0.3 is 5.32 Å². The van der Waals surface area contributed by atoms with Crippen LogP contribution in [0.4, 0.5) is 0 Å². The van der Waals surface area contributed by atoms with E-state index in [1.165, 1.54) is 17.8 Å². The van der Waals surface area contributed by atoms with Crippen LogP contribution in [0.15, 0.2) is 16.3 Å². The Hall–Kier alpha value is -0.430. The van der Waals surface area contributed by atoms with Crippen LogP contribution in [0.5, 0.6) is 0 Å². The summed E-state index contributed by atoms with van der Waals surface area (Å²) in [5, 5.41) is 4.95. The van der Waals surface area contributed by atoms with Crippen LogP contribution >= 0.6 is 11.3 Å². The molecule has 20 heavy (non-hydrogen) atoms. The maximum absolute atomic E-state index is 12.5. The van der Waals surface area contributed by atoms with Gasteiger partial charge in [-0.05, 0) is 32.4 Å². The molecule has 2 N–H and O–H groups in total. The molecule has 0 aromatic carbocycles. The third kappa shape index (κ3) is 4.04. The Labute approximate surface area is 126 Å². The van der Waals surface area contributed by atoms with Crippen molar-refractivity contribution in [1.82, 2.24) is 10.0 Å². The number of rotatable bonds is 6. The number of hydrogen-bond donors (Lipinski definition) is 2. The van der Waals surface area contributed by atoms with Gasteiger partial charge in [0.15, 0.2) is 0 Å². The molecule has 4 nitrogen and oxygen atoms in total. The molecule has 1 aliphatic carbocycles. The predicted octanol–water partition coefficient (Wildman–Crippen LogP) is 2.86. The van der Waals surface area contributed by atoms with Gasteiger partial charge in [0, 0.05) is 22.3 Å². The molecule has 6 heteroatoms. The van der Waals surface area contributed by atoms with E-state index in [1.54, 1.807) is 11.4 Å². The smallest absolute Gasteiger partial charge is 0.241 e. The summed E-state index contributed by atoms with van der Waals surface area (Å²) < 4.78 is 27.9. The highest BCUT2D eigenvalue weighted by Gasteiger charge is 2.32. The zero-order valence-corrected chi connectivity index (χ0v) is 13.9. The molecule has 0 spiro atoms. The molecule has 0 unspecified atom stereocenters. The zero-order valence-electron chi connectivity index (χ0n) is 12.2. The molecule has 1 aromatic heterocycles. The maximum Gasteiger partial charge on any atom is 0.241 e. The second kappa shape index (κ2) is 6.56. The Morgan fingerprint density at radius 3 is 2.65 bits per heavy atom. The quantitative estimate of drug-likeness (QED) is 0.848. The molecule has 0 atom stereocenters. The Morgan fingerprint density at radius 1 is 1.30 bits per heavy atom. The van der Waals surface area contributed by atoms with Gasteiger partial charge >= 0.3 is 0 Å². The van der Waals surface area contributed by atoms with Gasteiger partial charge in [0.2, 0.25) is 10.0 Å². The first-order chi connectivity index (χ1) is 9.45. The fourth-order valence-corrected chi connectivity index (χ4v) is 5.37. The molecule has 1 heterocycles. The summed E-state index contributed by atoms with van der Waals surface area (Å²) in [7, 11) is -3.39. The molecule has 0 saturated heterocycles. The second-order valence-corrected chi connectivity index (χ2v) is 8.43. The van der Waals surface area contributed by atoms with Gasteiger partial charge in [0.25, 0.3) is 0 Å². The van der Waals surface area contributed by atoms with Crippen LogP contribution in [-0.4, -0.2) is 20.5 Å². The normalized spacial score (nSPS) is 19.1. The van der Waals surface area contributed by atoms with Crippen LogP contribution in [-0.2, 0) is 16.6 Å². The van der Waals surface area contributed by atoms with Gasteiger partial charge in [-0.3, -0.25) is 0 Å². The lowest BCUT2D eigenvalue weighted by Crippen LogP contribution is -2.46. The van der Waals surface area contributed by atoms with E-state index in [1.807, 2.05) is 13.8 Å². The zero-order chi connectivity index (χ0) is 14.6. The summed E-state index contributed by atoms with van der Waals surface area (Å²) in [6.07, 6.45) is 5.28. The molecule has 2 rings (SSSR count). The van der Waals surface area contributed by atoms with E-state index < -0.39 is 10.0 Å². The molecule has 1 aromatic rings. The van der Waals surface area contributed by atoms with E-state index in [0.717, 1.165) is 43.6 Å². The van der Waals surface area contributed by atoms with Gasteiger partial charge in [-0.15, -0.1) is 11.3 Å². The van der Waals surface area contributed by atoms with Crippen molar-refractivity contribution in [2.75, 3.05) is 6.54 Å². The third-order valence-electron chi connectivity index (χ3n) is 3.83. The molecule has 0 bridgehead atoms. The summed E-state index contributed by atoms with van der Waals surface area (Å²) in [4.78, 5) is 1.46. The van der Waals surface area contributed by atoms with E-state index in [0.29, 0.717) is 4.90 Å². The average molecular weight is 316 g/mol. The number of hydrogen-bond acceptors (Lipinski definition) is 4. The molecule has 0 amide bonds. The fourth-order valence-electron chi connectivity index (χ4n) is 2.66. The molecule has 1 fully saturated rings. The largest absolute Gasteiger partial charge is 0.312 e. The fraction of sp³-hybridized carbons (Fsp3) is 0.714. The van der Waals surface area contributed by atoms with E-state index >= 15 is 0 Å². The van der Waals surface area contributed by atoms with Crippen molar-refractivity contribution in [1.29, 1.82) is 0 Å². The highest BCUT2D eigenvalue weighted by Crippen LogP contribution is 2.30.